The molecular formula is C26H43NO4. The second kappa shape index (κ2) is 17.6. The van der Waals surface area contributed by atoms with E-state index in [4.69, 9.17) is 9.47 Å². The first kappa shape index (κ1) is 27.0. The molecule has 1 rings (SSSR count). The Morgan fingerprint density at radius 3 is 1.42 bits per heavy atom. The predicted molar refractivity (Wildman–Crippen MR) is 128 cm³/mol. The summed E-state index contributed by atoms with van der Waals surface area (Å²) in [5, 5.41) is 3.31. The monoisotopic (exact) mass is 433 g/mol. The van der Waals surface area contributed by atoms with Crippen molar-refractivity contribution in [2.75, 3.05) is 26.1 Å². The first-order valence-electron chi connectivity index (χ1n) is 12.2. The van der Waals surface area contributed by atoms with Crippen LogP contribution in [0.3, 0.4) is 0 Å². The number of esters is 2. The van der Waals surface area contributed by atoms with Gasteiger partial charge in [-0.05, 0) is 24.6 Å². The summed E-state index contributed by atoms with van der Waals surface area (Å²) in [6, 6.07) is 4.92. The third-order valence-electron chi connectivity index (χ3n) is 5.63. The lowest BCUT2D eigenvalue weighted by atomic mass is 10.0. The second-order valence-electron chi connectivity index (χ2n) is 8.31. The third kappa shape index (κ3) is 12.4. The van der Waals surface area contributed by atoms with Crippen LogP contribution in [0.2, 0.25) is 0 Å². The van der Waals surface area contributed by atoms with E-state index in [1.54, 1.807) is 12.1 Å². The molecule has 0 aliphatic heterocycles. The Balaban J connectivity index is 2.13. The summed E-state index contributed by atoms with van der Waals surface area (Å²) < 4.78 is 9.54. The fourth-order valence-corrected chi connectivity index (χ4v) is 3.75. The maximum absolute atomic E-state index is 11.8. The number of unbranched alkanes of at least 4 members (excludes halogenated alkanes) is 13. The molecule has 5 nitrogen and oxygen atoms in total. The Bertz CT molecular complexity index is 596. The molecule has 0 unspecified atom stereocenters. The maximum Gasteiger partial charge on any atom is 0.337 e. The van der Waals surface area contributed by atoms with Crippen LogP contribution >= 0.6 is 0 Å². The van der Waals surface area contributed by atoms with Gasteiger partial charge in [0.05, 0.1) is 25.3 Å². The predicted octanol–water partition coefficient (Wildman–Crippen LogP) is 7.15. The molecule has 5 heteroatoms. The summed E-state index contributed by atoms with van der Waals surface area (Å²) in [6.45, 7) is 3.08. The van der Waals surface area contributed by atoms with Gasteiger partial charge in [0.15, 0.2) is 0 Å². The highest BCUT2D eigenvalue weighted by Gasteiger charge is 2.13. The summed E-state index contributed by atoms with van der Waals surface area (Å²) >= 11 is 0. The molecule has 176 valence electrons. The second-order valence-corrected chi connectivity index (χ2v) is 8.31. The third-order valence-corrected chi connectivity index (χ3v) is 5.63. The van der Waals surface area contributed by atoms with Crippen LogP contribution in [0.1, 0.15) is 118 Å². The normalized spacial score (nSPS) is 10.7. The van der Waals surface area contributed by atoms with Gasteiger partial charge in [-0.2, -0.15) is 0 Å². The molecule has 0 saturated carbocycles. The lowest BCUT2D eigenvalue weighted by molar-refractivity contribution is 0.0599. The summed E-state index contributed by atoms with van der Waals surface area (Å²) in [6.07, 6.45) is 18.7. The molecule has 1 aromatic carbocycles. The fourth-order valence-electron chi connectivity index (χ4n) is 3.75. The Morgan fingerprint density at radius 2 is 1.03 bits per heavy atom. The van der Waals surface area contributed by atoms with Crippen molar-refractivity contribution in [3.63, 3.8) is 0 Å². The van der Waals surface area contributed by atoms with Gasteiger partial charge in [-0.3, -0.25) is 0 Å². The van der Waals surface area contributed by atoms with Gasteiger partial charge in [0.2, 0.25) is 0 Å². The summed E-state index contributed by atoms with van der Waals surface area (Å²) in [5.41, 5.74) is 1.42. The first-order valence-corrected chi connectivity index (χ1v) is 12.2. The van der Waals surface area contributed by atoms with Crippen molar-refractivity contribution in [2.45, 2.75) is 96.8 Å². The number of hydrogen-bond acceptors (Lipinski definition) is 5. The molecule has 0 fully saturated rings. The summed E-state index contributed by atoms with van der Waals surface area (Å²) in [4.78, 5) is 23.7. The Morgan fingerprint density at radius 1 is 0.645 bits per heavy atom. The lowest BCUT2D eigenvalue weighted by Gasteiger charge is -2.10. The van der Waals surface area contributed by atoms with Gasteiger partial charge in [-0.1, -0.05) is 90.4 Å². The zero-order chi connectivity index (χ0) is 22.7. The molecule has 0 spiro atoms. The number of anilines is 1. The fraction of sp³-hybridized carbons (Fsp3) is 0.692. The standard InChI is InChI=1S/C26H43NO4/c1-4-5-6-7-8-9-10-11-12-13-14-15-16-17-18-27-24-20-22(25(28)30-2)19-23(21-24)26(29)31-3/h19-21,27H,4-18H2,1-3H3. The van der Waals surface area contributed by atoms with E-state index in [0.29, 0.717) is 11.1 Å². The van der Waals surface area contributed by atoms with Gasteiger partial charge in [0.25, 0.3) is 0 Å². The van der Waals surface area contributed by atoms with Crippen LogP contribution in [0, 0.1) is 0 Å². The highest BCUT2D eigenvalue weighted by molar-refractivity contribution is 5.96. The molecule has 1 N–H and O–H groups in total. The summed E-state index contributed by atoms with van der Waals surface area (Å²) in [5.74, 6) is -0.935. The molecule has 0 aliphatic carbocycles. The molecule has 0 atom stereocenters. The van der Waals surface area contributed by atoms with Crippen LogP contribution in [0.5, 0.6) is 0 Å². The SMILES string of the molecule is CCCCCCCCCCCCCCCCNc1cc(C(=O)OC)cc(C(=O)OC)c1. The van der Waals surface area contributed by atoms with Crippen molar-refractivity contribution in [2.24, 2.45) is 0 Å². The smallest absolute Gasteiger partial charge is 0.337 e. The van der Waals surface area contributed by atoms with Crippen molar-refractivity contribution in [3.8, 4) is 0 Å². The van der Waals surface area contributed by atoms with E-state index >= 15 is 0 Å². The molecular weight excluding hydrogens is 390 g/mol. The van der Waals surface area contributed by atoms with E-state index < -0.39 is 11.9 Å². The topological polar surface area (TPSA) is 64.6 Å². The van der Waals surface area contributed by atoms with Crippen molar-refractivity contribution in [1.82, 2.24) is 0 Å². The number of nitrogens with one attached hydrogen (secondary N) is 1. The lowest BCUT2D eigenvalue weighted by Crippen LogP contribution is -2.09. The van der Waals surface area contributed by atoms with Crippen molar-refractivity contribution in [3.05, 3.63) is 29.3 Å². The van der Waals surface area contributed by atoms with E-state index in [2.05, 4.69) is 12.2 Å². The van der Waals surface area contributed by atoms with Crippen LogP contribution in [0.4, 0.5) is 5.69 Å². The number of methoxy groups -OCH3 is 2. The van der Waals surface area contributed by atoms with Gasteiger partial charge in [0.1, 0.15) is 0 Å². The molecule has 0 aromatic heterocycles. The van der Waals surface area contributed by atoms with Crippen molar-refractivity contribution < 1.29 is 19.1 Å². The Kier molecular flexibility index (Phi) is 15.3. The highest BCUT2D eigenvalue weighted by Crippen LogP contribution is 2.18. The number of ether oxygens (including phenoxy) is 2. The minimum atomic E-state index is -0.467. The van der Waals surface area contributed by atoms with Gasteiger partial charge >= 0.3 is 11.9 Å². The minimum Gasteiger partial charge on any atom is -0.465 e. The van der Waals surface area contributed by atoms with Crippen LogP contribution in [-0.4, -0.2) is 32.7 Å². The van der Waals surface area contributed by atoms with Crippen LogP contribution in [0.15, 0.2) is 18.2 Å². The van der Waals surface area contributed by atoms with Crippen LogP contribution in [0.25, 0.3) is 0 Å². The number of rotatable bonds is 18. The molecule has 31 heavy (non-hydrogen) atoms. The van der Waals surface area contributed by atoms with E-state index in [1.165, 1.54) is 104 Å². The van der Waals surface area contributed by atoms with Gasteiger partial charge < -0.3 is 14.8 Å². The van der Waals surface area contributed by atoms with Crippen molar-refractivity contribution in [1.29, 1.82) is 0 Å². The average Bonchev–Trinajstić information content (AvgIpc) is 2.80. The van der Waals surface area contributed by atoms with Crippen molar-refractivity contribution >= 4 is 17.6 Å². The zero-order valence-electron chi connectivity index (χ0n) is 20.0. The number of benzene rings is 1. The van der Waals surface area contributed by atoms with Gasteiger partial charge in [-0.15, -0.1) is 0 Å². The molecule has 1 aromatic rings. The Labute approximate surface area is 189 Å². The summed E-state index contributed by atoms with van der Waals surface area (Å²) in [7, 11) is 2.66. The van der Waals surface area contributed by atoms with E-state index in [9.17, 15) is 9.59 Å². The van der Waals surface area contributed by atoms with E-state index in [0.717, 1.165) is 18.7 Å². The Hall–Kier alpha value is -2.04. The molecule has 0 saturated heterocycles. The van der Waals surface area contributed by atoms with Crippen LogP contribution in [-0.2, 0) is 9.47 Å². The van der Waals surface area contributed by atoms with Gasteiger partial charge in [0, 0.05) is 12.2 Å². The molecule has 0 amide bonds. The molecule has 0 heterocycles. The number of carbonyl (C=O) groups excluding carboxylic acids is 2. The average molecular weight is 434 g/mol. The maximum atomic E-state index is 11.8. The van der Waals surface area contributed by atoms with Gasteiger partial charge in [-0.25, -0.2) is 9.59 Å². The van der Waals surface area contributed by atoms with Crippen LogP contribution < -0.4 is 5.32 Å². The quantitative estimate of drug-likeness (QED) is 0.197. The highest BCUT2D eigenvalue weighted by atomic mass is 16.5. The number of hydrogen-bond donors (Lipinski definition) is 1. The molecule has 0 radical (unpaired) electrons. The first-order chi connectivity index (χ1) is 15.1. The zero-order valence-corrected chi connectivity index (χ0v) is 20.0. The minimum absolute atomic E-state index is 0.342. The van der Waals surface area contributed by atoms with E-state index in [-0.39, 0.29) is 0 Å². The largest absolute Gasteiger partial charge is 0.465 e. The van der Waals surface area contributed by atoms with E-state index in [1.807, 2.05) is 0 Å². The number of carbonyl (C=O) groups is 2. The molecule has 0 bridgehead atoms. The molecule has 0 aliphatic rings.